The maximum absolute atomic E-state index is 12.3. The van der Waals surface area contributed by atoms with E-state index in [1.165, 1.54) is 16.7 Å². The van der Waals surface area contributed by atoms with Gasteiger partial charge in [-0.15, -0.1) is 0 Å². The van der Waals surface area contributed by atoms with E-state index in [1.807, 2.05) is 30.3 Å². The van der Waals surface area contributed by atoms with Crippen molar-refractivity contribution in [2.75, 3.05) is 11.1 Å². The minimum atomic E-state index is -0.599. The van der Waals surface area contributed by atoms with Crippen molar-refractivity contribution in [2.45, 2.75) is 25.0 Å². The molecule has 3 rings (SSSR count). The van der Waals surface area contributed by atoms with Crippen molar-refractivity contribution in [3.8, 4) is 0 Å². The van der Waals surface area contributed by atoms with E-state index in [2.05, 4.69) is 20.3 Å². The topological polar surface area (TPSA) is 130 Å². The number of hydrogen-bond acceptors (Lipinski definition) is 6. The van der Waals surface area contributed by atoms with E-state index in [0.717, 1.165) is 17.3 Å². The van der Waals surface area contributed by atoms with Crippen molar-refractivity contribution in [1.29, 1.82) is 0 Å². The summed E-state index contributed by atoms with van der Waals surface area (Å²) < 4.78 is 1.31. The van der Waals surface area contributed by atoms with Crippen LogP contribution < -0.4 is 22.1 Å². The third kappa shape index (κ3) is 5.79. The quantitative estimate of drug-likeness (QED) is 0.390. The van der Waals surface area contributed by atoms with E-state index < -0.39 is 17.2 Å². The molecule has 3 aromatic rings. The van der Waals surface area contributed by atoms with Crippen LogP contribution >= 0.6 is 11.8 Å². The van der Waals surface area contributed by atoms with Crippen LogP contribution in [-0.4, -0.2) is 31.2 Å². The zero-order valence-corrected chi connectivity index (χ0v) is 16.4. The van der Waals surface area contributed by atoms with Gasteiger partial charge in [0.1, 0.15) is 5.82 Å². The summed E-state index contributed by atoms with van der Waals surface area (Å²) in [6.45, 7) is 1.97. The summed E-state index contributed by atoms with van der Waals surface area (Å²) in [5.74, 6) is -0.366. The minimum Gasteiger partial charge on any atom is -0.311 e. The van der Waals surface area contributed by atoms with Gasteiger partial charge >= 0.3 is 5.69 Å². The molecule has 1 aromatic carbocycles. The van der Waals surface area contributed by atoms with Gasteiger partial charge in [-0.1, -0.05) is 42.1 Å². The summed E-state index contributed by atoms with van der Waals surface area (Å²) in [6, 6.07) is 12.1. The van der Waals surface area contributed by atoms with Gasteiger partial charge in [-0.05, 0) is 18.9 Å². The van der Waals surface area contributed by atoms with Gasteiger partial charge in [-0.2, -0.15) is 0 Å². The molecule has 10 heteroatoms. The average molecular weight is 413 g/mol. The van der Waals surface area contributed by atoms with Crippen molar-refractivity contribution >= 4 is 23.5 Å². The molecule has 2 aromatic heterocycles. The van der Waals surface area contributed by atoms with Gasteiger partial charge in [0.2, 0.25) is 5.91 Å². The zero-order valence-electron chi connectivity index (χ0n) is 15.6. The van der Waals surface area contributed by atoms with Gasteiger partial charge in [0.25, 0.3) is 11.1 Å². The molecular weight excluding hydrogens is 394 g/mol. The molecule has 9 nitrogen and oxygen atoms in total. The van der Waals surface area contributed by atoms with Gasteiger partial charge < -0.3 is 10.3 Å². The Morgan fingerprint density at radius 2 is 1.83 bits per heavy atom. The number of nitrogens with zero attached hydrogens (tertiary/aromatic N) is 2. The third-order valence-corrected chi connectivity index (χ3v) is 4.83. The predicted molar refractivity (Wildman–Crippen MR) is 110 cm³/mol. The molecule has 29 heavy (non-hydrogen) atoms. The zero-order chi connectivity index (χ0) is 20.8. The second kappa shape index (κ2) is 9.20. The van der Waals surface area contributed by atoms with Crippen LogP contribution in [0.2, 0.25) is 0 Å². The first-order valence-corrected chi connectivity index (χ1v) is 9.78. The van der Waals surface area contributed by atoms with Crippen molar-refractivity contribution in [1.82, 2.24) is 19.5 Å². The van der Waals surface area contributed by atoms with Crippen LogP contribution in [0.1, 0.15) is 11.3 Å². The number of thioether (sulfide) groups is 1. The number of aromatic amines is 2. The van der Waals surface area contributed by atoms with Gasteiger partial charge in [-0.3, -0.25) is 23.9 Å². The number of carbonyl (C=O) groups excluding carboxylic acids is 1. The van der Waals surface area contributed by atoms with Crippen LogP contribution in [0.4, 0.5) is 5.82 Å². The lowest BCUT2D eigenvalue weighted by molar-refractivity contribution is -0.113. The molecule has 0 aliphatic carbocycles. The number of benzene rings is 1. The Bertz CT molecular complexity index is 1180. The third-order valence-electron chi connectivity index (χ3n) is 3.96. The van der Waals surface area contributed by atoms with E-state index in [1.54, 1.807) is 6.92 Å². The molecule has 0 saturated carbocycles. The summed E-state index contributed by atoms with van der Waals surface area (Å²) in [6.07, 6.45) is 0.554. The highest BCUT2D eigenvalue weighted by molar-refractivity contribution is 7.99. The number of carbonyl (C=O) groups is 1. The summed E-state index contributed by atoms with van der Waals surface area (Å²) >= 11 is 1.05. The Morgan fingerprint density at radius 1 is 1.10 bits per heavy atom. The van der Waals surface area contributed by atoms with Crippen LogP contribution in [0, 0.1) is 6.92 Å². The van der Waals surface area contributed by atoms with Crippen LogP contribution in [-0.2, 0) is 17.8 Å². The van der Waals surface area contributed by atoms with Gasteiger partial charge in [0.15, 0.2) is 5.16 Å². The first-order chi connectivity index (χ1) is 13.9. The molecule has 2 heterocycles. The Morgan fingerprint density at radius 3 is 2.55 bits per heavy atom. The number of aryl methyl sites for hydroxylation is 2. The molecule has 0 radical (unpaired) electrons. The fraction of sp³-hybridized carbons (Fsp3) is 0.211. The molecule has 150 valence electrons. The van der Waals surface area contributed by atoms with E-state index in [-0.39, 0.29) is 23.7 Å². The molecule has 0 aliphatic rings. The van der Waals surface area contributed by atoms with Gasteiger partial charge in [0, 0.05) is 24.4 Å². The maximum Gasteiger partial charge on any atom is 0.329 e. The molecule has 0 fully saturated rings. The molecular formula is C19H19N5O4S. The summed E-state index contributed by atoms with van der Waals surface area (Å²) in [4.78, 5) is 56.6. The second-order valence-electron chi connectivity index (χ2n) is 6.24. The summed E-state index contributed by atoms with van der Waals surface area (Å²) in [7, 11) is 0. The van der Waals surface area contributed by atoms with Crippen LogP contribution in [0.25, 0.3) is 0 Å². The Labute approximate surface area is 169 Å². The molecule has 0 bridgehead atoms. The van der Waals surface area contributed by atoms with Crippen molar-refractivity contribution in [2.24, 2.45) is 0 Å². The van der Waals surface area contributed by atoms with Crippen molar-refractivity contribution < 1.29 is 4.79 Å². The van der Waals surface area contributed by atoms with Crippen molar-refractivity contribution in [3.05, 3.63) is 84.9 Å². The number of rotatable bonds is 7. The highest BCUT2D eigenvalue weighted by Gasteiger charge is 2.11. The van der Waals surface area contributed by atoms with E-state index in [9.17, 15) is 19.2 Å². The Kier molecular flexibility index (Phi) is 6.45. The summed E-state index contributed by atoms with van der Waals surface area (Å²) in [5, 5.41) is 2.91. The highest BCUT2D eigenvalue weighted by atomic mass is 32.2. The van der Waals surface area contributed by atoms with Gasteiger partial charge in [0.05, 0.1) is 5.75 Å². The Balaban J connectivity index is 1.71. The fourth-order valence-corrected chi connectivity index (χ4v) is 3.39. The lowest BCUT2D eigenvalue weighted by atomic mass is 10.1. The number of nitrogens with one attached hydrogen (secondary N) is 3. The van der Waals surface area contributed by atoms with Gasteiger partial charge in [-0.25, -0.2) is 9.78 Å². The molecule has 0 spiro atoms. The van der Waals surface area contributed by atoms with E-state index in [4.69, 9.17) is 0 Å². The van der Waals surface area contributed by atoms with Crippen LogP contribution in [0.3, 0.4) is 0 Å². The lowest BCUT2D eigenvalue weighted by Gasteiger charge is -2.13. The number of anilines is 1. The fourth-order valence-electron chi connectivity index (χ4n) is 2.66. The standard InChI is InChI=1S/C19H19N5O4S/c1-12-9-15(25)22-18(20-12)29-11-17(27)21-14-10-16(26)23-19(28)24(14)8-7-13-5-3-2-4-6-13/h2-6,9-10H,7-8,11H2,1H3,(H,21,27)(H,20,22,25)(H,23,26,28). The highest BCUT2D eigenvalue weighted by Crippen LogP contribution is 2.12. The van der Waals surface area contributed by atoms with E-state index in [0.29, 0.717) is 17.3 Å². The first-order valence-electron chi connectivity index (χ1n) is 8.79. The summed E-state index contributed by atoms with van der Waals surface area (Å²) in [5.41, 5.74) is 0.0679. The minimum absolute atomic E-state index is 0.0495. The SMILES string of the molecule is Cc1cc(=O)[nH]c(SCC(=O)Nc2cc(=O)[nH]c(=O)n2CCc2ccccc2)n1. The largest absolute Gasteiger partial charge is 0.329 e. The average Bonchev–Trinajstić information content (AvgIpc) is 2.66. The molecule has 0 atom stereocenters. The number of H-pyrrole nitrogens is 2. The second-order valence-corrected chi connectivity index (χ2v) is 7.20. The lowest BCUT2D eigenvalue weighted by Crippen LogP contribution is -2.33. The Hall–Kier alpha value is -3.40. The smallest absolute Gasteiger partial charge is 0.311 e. The molecule has 0 unspecified atom stereocenters. The number of amides is 1. The molecule has 0 aliphatic heterocycles. The molecule has 3 N–H and O–H groups in total. The van der Waals surface area contributed by atoms with Crippen molar-refractivity contribution in [3.63, 3.8) is 0 Å². The van der Waals surface area contributed by atoms with Crippen LogP contribution in [0.15, 0.2) is 62.0 Å². The predicted octanol–water partition coefficient (Wildman–Crippen LogP) is 0.902. The molecule has 0 saturated heterocycles. The maximum atomic E-state index is 12.3. The normalized spacial score (nSPS) is 10.7. The van der Waals surface area contributed by atoms with E-state index >= 15 is 0 Å². The number of aromatic nitrogens is 4. The number of hydrogen-bond donors (Lipinski definition) is 3. The molecule has 1 amide bonds. The monoisotopic (exact) mass is 413 g/mol. The van der Waals surface area contributed by atoms with Crippen LogP contribution in [0.5, 0.6) is 0 Å². The first kappa shape index (κ1) is 20.3.